The summed E-state index contributed by atoms with van der Waals surface area (Å²) in [5.74, 6) is -3.52. The van der Waals surface area contributed by atoms with Crippen molar-refractivity contribution in [2.75, 3.05) is 52.7 Å². The summed E-state index contributed by atoms with van der Waals surface area (Å²) in [7, 11) is 0. The smallest absolute Gasteiger partial charge is 0.335 e. The zero-order chi connectivity index (χ0) is 74.0. The van der Waals surface area contributed by atoms with Crippen LogP contribution in [0.25, 0.3) is 0 Å². The van der Waals surface area contributed by atoms with Crippen LogP contribution >= 0.6 is 0 Å². The van der Waals surface area contributed by atoms with Crippen molar-refractivity contribution in [1.82, 2.24) is 0 Å². The van der Waals surface area contributed by atoms with Gasteiger partial charge in [-0.15, -0.1) is 0 Å². The molecule has 8 fully saturated rings. The average Bonchev–Trinajstić information content (AvgIpc) is 0.768. The van der Waals surface area contributed by atoms with E-state index in [-0.39, 0.29) is 33.0 Å². The van der Waals surface area contributed by atoms with Gasteiger partial charge in [-0.05, 0) is 53.5 Å². The topological polar surface area (TPSA) is 688 Å². The standard InChI is InChI=1S/C29H51NO20.C28H49NO21/c1-9-12(32)15(35)18(38)26(44-9)49-23-21(47-27-19(39)16(36)14(34)11(8-31)46-27)20(40)28(50-24(23)25(41)42)48-22-17(37)13(33)10(2)45-29(22)43-7-5-3-4-6-30;1-8-11(31)14(34)17(37)25(44-8)49-22-20(47-26-18(38)15(35)13(33)10(7-30)46-26)19(39)27(50-23(22)24(40)41)48-21-16(36)12(32)9(2)45-28(21)43-6-5-42-4-3-29/h9-24,26-29,31-40H,3-8,30H2,1-2H3,(H,41,42);8-23,25-28,30-39H,3-7,29H2,1-2H3,(H,40,41). The van der Waals surface area contributed by atoms with Gasteiger partial charge < -0.3 is 204 Å². The summed E-state index contributed by atoms with van der Waals surface area (Å²) >= 11 is 0. The van der Waals surface area contributed by atoms with Crippen LogP contribution in [0.4, 0.5) is 0 Å². The molecule has 0 saturated carbocycles. The van der Waals surface area contributed by atoms with Crippen LogP contribution in [0.2, 0.25) is 0 Å². The van der Waals surface area contributed by atoms with Gasteiger partial charge in [0.05, 0.1) is 57.5 Å². The van der Waals surface area contributed by atoms with Crippen molar-refractivity contribution in [3.8, 4) is 0 Å². The number of aliphatic carboxylic acids is 2. The lowest BCUT2D eigenvalue weighted by Gasteiger charge is -2.49. The van der Waals surface area contributed by atoms with Crippen LogP contribution in [0.1, 0.15) is 47.0 Å². The van der Waals surface area contributed by atoms with E-state index < -0.39 is 271 Å². The first-order chi connectivity index (χ1) is 47.2. The lowest BCUT2D eigenvalue weighted by Crippen LogP contribution is -2.68. The Morgan fingerprint density at radius 3 is 0.960 bits per heavy atom. The highest BCUT2D eigenvalue weighted by atomic mass is 16.8. The first-order valence-corrected chi connectivity index (χ1v) is 32.5. The number of unbranched alkanes of at least 4 members (excludes halogenated alkanes) is 2. The molecule has 0 radical (unpaired) electrons. The molecule has 0 bridgehead atoms. The number of hydrogen-bond donors (Lipinski definition) is 24. The Morgan fingerprint density at radius 2 is 0.610 bits per heavy atom. The number of ether oxygens (including phenoxy) is 17. The predicted octanol–water partition coefficient (Wildman–Crippen LogP) is -14.0. The Labute approximate surface area is 570 Å². The Bertz CT molecular complexity index is 2280. The number of hydrogen-bond acceptors (Lipinski definition) is 41. The quantitative estimate of drug-likeness (QED) is 0.0324. The van der Waals surface area contributed by atoms with Gasteiger partial charge in [0.15, 0.2) is 62.5 Å². The minimum absolute atomic E-state index is 0.0356. The average molecular weight is 1470 g/mol. The van der Waals surface area contributed by atoms with Crippen LogP contribution in [-0.4, -0.2) is 423 Å². The third-order valence-corrected chi connectivity index (χ3v) is 18.1. The molecule has 8 heterocycles. The second-order valence-electron chi connectivity index (χ2n) is 25.2. The molecule has 8 saturated heterocycles. The molecule has 43 nitrogen and oxygen atoms in total. The maximum absolute atomic E-state index is 12.6. The van der Waals surface area contributed by atoms with Gasteiger partial charge in [-0.2, -0.15) is 0 Å². The molecule has 26 N–H and O–H groups in total. The van der Waals surface area contributed by atoms with Crippen molar-refractivity contribution >= 4 is 11.9 Å². The molecule has 100 heavy (non-hydrogen) atoms. The molecule has 584 valence electrons. The van der Waals surface area contributed by atoms with Gasteiger partial charge >= 0.3 is 11.9 Å². The van der Waals surface area contributed by atoms with Gasteiger partial charge in [0.25, 0.3) is 0 Å². The van der Waals surface area contributed by atoms with Gasteiger partial charge in [-0.25, -0.2) is 9.59 Å². The Balaban J connectivity index is 0.000000281. The first-order valence-electron chi connectivity index (χ1n) is 32.5. The summed E-state index contributed by atoms with van der Waals surface area (Å²) in [6.07, 6.45) is -68.7. The highest BCUT2D eigenvalue weighted by molar-refractivity contribution is 5.74. The summed E-state index contributed by atoms with van der Waals surface area (Å²) in [5.41, 5.74) is 10.9. The Morgan fingerprint density at radius 1 is 0.300 bits per heavy atom. The molecule has 43 heteroatoms. The Hall–Kier alpha value is -2.62. The van der Waals surface area contributed by atoms with Crippen molar-refractivity contribution in [1.29, 1.82) is 0 Å². The normalized spacial score (nSPS) is 48.7. The van der Waals surface area contributed by atoms with Crippen molar-refractivity contribution in [3.63, 3.8) is 0 Å². The second-order valence-corrected chi connectivity index (χ2v) is 25.2. The maximum atomic E-state index is 12.6. The molecule has 8 rings (SSSR count). The van der Waals surface area contributed by atoms with E-state index in [1.54, 1.807) is 0 Å². The number of carbonyl (C=O) groups is 2. The molecule has 0 aliphatic carbocycles. The van der Waals surface area contributed by atoms with Crippen LogP contribution < -0.4 is 11.5 Å². The van der Waals surface area contributed by atoms with E-state index in [0.29, 0.717) is 25.8 Å². The molecule has 0 aromatic heterocycles. The number of carboxylic acid groups (broad SMARTS) is 2. The van der Waals surface area contributed by atoms with E-state index in [2.05, 4.69) is 0 Å². The third kappa shape index (κ3) is 19.8. The predicted molar refractivity (Wildman–Crippen MR) is 313 cm³/mol. The number of rotatable bonds is 28. The summed E-state index contributed by atoms with van der Waals surface area (Å²) in [5, 5.41) is 231. The molecule has 8 aliphatic heterocycles. The lowest BCUT2D eigenvalue weighted by atomic mass is 9.95. The van der Waals surface area contributed by atoms with Gasteiger partial charge in [-0.3, -0.25) is 0 Å². The molecule has 40 atom stereocenters. The lowest BCUT2D eigenvalue weighted by molar-refractivity contribution is -0.397. The highest BCUT2D eigenvalue weighted by Crippen LogP contribution is 2.39. The molecule has 0 spiro atoms. The zero-order valence-electron chi connectivity index (χ0n) is 54.6. The van der Waals surface area contributed by atoms with E-state index in [1.165, 1.54) is 27.7 Å². The first kappa shape index (κ1) is 84.6. The number of aliphatic hydroxyl groups is 20. The van der Waals surface area contributed by atoms with Gasteiger partial charge in [0.1, 0.15) is 159 Å². The van der Waals surface area contributed by atoms with Crippen molar-refractivity contribution < 1.29 is 202 Å². The summed E-state index contributed by atoms with van der Waals surface area (Å²) in [6.45, 7) is 4.74. The molecular formula is C57H100N2O41. The van der Waals surface area contributed by atoms with Crippen molar-refractivity contribution in [2.24, 2.45) is 11.5 Å². The van der Waals surface area contributed by atoms with Crippen LogP contribution in [-0.2, 0) is 90.1 Å². The van der Waals surface area contributed by atoms with Crippen LogP contribution in [0, 0.1) is 0 Å². The van der Waals surface area contributed by atoms with Crippen molar-refractivity contribution in [3.05, 3.63) is 0 Å². The van der Waals surface area contributed by atoms with E-state index in [0.717, 1.165) is 0 Å². The molecule has 40 unspecified atom stereocenters. The molecular weight excluding hydrogens is 1370 g/mol. The number of carboxylic acids is 2. The van der Waals surface area contributed by atoms with E-state index in [9.17, 15) is 122 Å². The number of nitrogens with two attached hydrogens (primary N) is 2. The molecule has 0 amide bonds. The van der Waals surface area contributed by atoms with Gasteiger partial charge in [0, 0.05) is 13.2 Å². The summed E-state index contributed by atoms with van der Waals surface area (Å²) in [6, 6.07) is 0. The van der Waals surface area contributed by atoms with Gasteiger partial charge in [-0.1, -0.05) is 0 Å². The highest BCUT2D eigenvalue weighted by Gasteiger charge is 2.61. The third-order valence-electron chi connectivity index (χ3n) is 18.1. The second kappa shape index (κ2) is 38.3. The van der Waals surface area contributed by atoms with E-state index >= 15 is 0 Å². The number of aliphatic hydroxyl groups excluding tert-OH is 20. The minimum Gasteiger partial charge on any atom is -0.479 e. The fourth-order valence-electron chi connectivity index (χ4n) is 12.0. The largest absolute Gasteiger partial charge is 0.479 e. The SMILES string of the molecule is CC1OC(OC2C(C(=O)O)OC(OC3C(OCCCCCN)OC(C)C(O)C3O)C(O)C2OC2OC(CO)C(O)C(O)C2O)C(O)C(O)C1O.CC1OC(OC2C(C(=O)O)OC(OC3C(OCCOCCN)OC(C)C(O)C3O)C(O)C2OC2OC(CO)C(O)C(O)C2O)C(O)C(O)C1O. The van der Waals surface area contributed by atoms with Gasteiger partial charge in [0.2, 0.25) is 0 Å². The molecule has 8 aliphatic rings. The summed E-state index contributed by atoms with van der Waals surface area (Å²) in [4.78, 5) is 25.3. The fraction of sp³-hybridized carbons (Fsp3) is 0.965. The van der Waals surface area contributed by atoms with Crippen LogP contribution in [0.3, 0.4) is 0 Å². The minimum atomic E-state index is -2.19. The van der Waals surface area contributed by atoms with Crippen LogP contribution in [0.5, 0.6) is 0 Å². The van der Waals surface area contributed by atoms with E-state index in [4.69, 9.17) is 92.0 Å². The van der Waals surface area contributed by atoms with E-state index in [1.807, 2.05) is 0 Å². The van der Waals surface area contributed by atoms with Crippen LogP contribution in [0.15, 0.2) is 0 Å². The maximum Gasteiger partial charge on any atom is 0.335 e. The van der Waals surface area contributed by atoms with Crippen molar-refractivity contribution in [2.45, 2.75) is 293 Å². The zero-order valence-corrected chi connectivity index (χ0v) is 54.6. The molecule has 0 aromatic carbocycles. The fourth-order valence-corrected chi connectivity index (χ4v) is 12.0. The Kier molecular flexibility index (Phi) is 32.4. The summed E-state index contributed by atoms with van der Waals surface area (Å²) < 4.78 is 95.5. The monoisotopic (exact) mass is 1470 g/mol. The molecule has 0 aromatic rings.